The number of pyridine rings is 1. The lowest BCUT2D eigenvalue weighted by molar-refractivity contribution is 0.0804. The number of aromatic nitrogens is 2. The van der Waals surface area contributed by atoms with Crippen molar-refractivity contribution in [3.63, 3.8) is 0 Å². The first-order chi connectivity index (χ1) is 14.1. The first-order valence-corrected chi connectivity index (χ1v) is 9.92. The van der Waals surface area contributed by atoms with Crippen molar-refractivity contribution in [2.24, 2.45) is 5.92 Å². The summed E-state index contributed by atoms with van der Waals surface area (Å²) in [6.07, 6.45) is 3.56. The summed E-state index contributed by atoms with van der Waals surface area (Å²) < 4.78 is 11.2. The van der Waals surface area contributed by atoms with Gasteiger partial charge in [0.1, 0.15) is 17.2 Å². The molecule has 29 heavy (non-hydrogen) atoms. The number of piperidine rings is 1. The van der Waals surface area contributed by atoms with Gasteiger partial charge in [-0.05, 0) is 56.6 Å². The number of rotatable bonds is 6. The van der Waals surface area contributed by atoms with E-state index in [0.29, 0.717) is 18.1 Å². The van der Waals surface area contributed by atoms with Gasteiger partial charge in [0.05, 0.1) is 12.8 Å². The second-order valence-electron chi connectivity index (χ2n) is 7.41. The molecule has 150 valence electrons. The second kappa shape index (κ2) is 8.57. The van der Waals surface area contributed by atoms with Gasteiger partial charge in [-0.3, -0.25) is 14.7 Å². The van der Waals surface area contributed by atoms with Gasteiger partial charge in [-0.2, -0.15) is 0 Å². The summed E-state index contributed by atoms with van der Waals surface area (Å²) in [6.45, 7) is 4.28. The number of nitrogens with zero attached hydrogens (tertiary/aromatic N) is 3. The van der Waals surface area contributed by atoms with Crippen LogP contribution in [0, 0.1) is 12.8 Å². The topological polar surface area (TPSA) is 68.5 Å². The van der Waals surface area contributed by atoms with Crippen molar-refractivity contribution in [3.8, 4) is 17.2 Å². The van der Waals surface area contributed by atoms with E-state index in [1.54, 1.807) is 19.4 Å². The number of likely N-dealkylation sites (tertiary alicyclic amines) is 1. The fourth-order valence-corrected chi connectivity index (χ4v) is 3.80. The average Bonchev–Trinajstić information content (AvgIpc) is 3.14. The van der Waals surface area contributed by atoms with Crippen LogP contribution in [0.3, 0.4) is 0 Å². The van der Waals surface area contributed by atoms with Crippen LogP contribution in [0.1, 0.15) is 34.8 Å². The van der Waals surface area contributed by atoms with E-state index in [4.69, 9.17) is 14.1 Å². The average molecular weight is 391 g/mol. The molecule has 4 rings (SSSR count). The van der Waals surface area contributed by atoms with Crippen LogP contribution in [0.4, 0.5) is 0 Å². The molecule has 2 aromatic heterocycles. The van der Waals surface area contributed by atoms with Gasteiger partial charge < -0.3 is 9.15 Å². The van der Waals surface area contributed by atoms with Crippen LogP contribution in [0.5, 0.6) is 5.75 Å². The van der Waals surface area contributed by atoms with Crippen molar-refractivity contribution < 1.29 is 13.9 Å². The SMILES string of the molecule is COc1cccc(-c2nc(CN3CCCC(C(=O)c4ccccn4)C3)c(C)o2)c1. The predicted octanol–water partition coefficient (Wildman–Crippen LogP) is 4.15. The van der Waals surface area contributed by atoms with Gasteiger partial charge in [0.15, 0.2) is 5.78 Å². The van der Waals surface area contributed by atoms with Crippen molar-refractivity contribution in [3.05, 3.63) is 65.8 Å². The molecule has 6 heteroatoms. The minimum atomic E-state index is -0.0243. The van der Waals surface area contributed by atoms with Gasteiger partial charge in [-0.1, -0.05) is 12.1 Å². The summed E-state index contributed by atoms with van der Waals surface area (Å²) in [5, 5.41) is 0. The maximum atomic E-state index is 12.8. The molecule has 0 saturated carbocycles. The molecule has 0 amide bonds. The number of oxazole rings is 1. The van der Waals surface area contributed by atoms with Gasteiger partial charge in [0, 0.05) is 30.8 Å². The van der Waals surface area contributed by atoms with Gasteiger partial charge in [-0.15, -0.1) is 0 Å². The molecule has 3 heterocycles. The molecule has 3 aromatic rings. The van der Waals surface area contributed by atoms with Crippen LogP contribution < -0.4 is 4.74 Å². The minimum Gasteiger partial charge on any atom is -0.497 e. The molecule has 1 saturated heterocycles. The summed E-state index contributed by atoms with van der Waals surface area (Å²) in [4.78, 5) is 24.0. The Morgan fingerprint density at radius 2 is 2.17 bits per heavy atom. The fraction of sp³-hybridized carbons (Fsp3) is 0.348. The van der Waals surface area contributed by atoms with E-state index in [9.17, 15) is 4.79 Å². The molecule has 1 unspecified atom stereocenters. The maximum Gasteiger partial charge on any atom is 0.226 e. The van der Waals surface area contributed by atoms with E-state index in [0.717, 1.165) is 48.7 Å². The third-order valence-electron chi connectivity index (χ3n) is 5.38. The first-order valence-electron chi connectivity index (χ1n) is 9.92. The quantitative estimate of drug-likeness (QED) is 0.588. The molecular formula is C23H25N3O3. The lowest BCUT2D eigenvalue weighted by Gasteiger charge is -2.31. The van der Waals surface area contributed by atoms with Crippen LogP contribution in [0.2, 0.25) is 0 Å². The number of benzene rings is 1. The molecule has 0 radical (unpaired) electrons. The maximum absolute atomic E-state index is 12.8. The largest absolute Gasteiger partial charge is 0.497 e. The molecule has 1 aliphatic heterocycles. The molecule has 0 spiro atoms. The van der Waals surface area contributed by atoms with E-state index in [1.165, 1.54) is 0 Å². The molecule has 0 bridgehead atoms. The molecule has 1 aromatic carbocycles. The lowest BCUT2D eigenvalue weighted by atomic mass is 9.92. The number of methoxy groups -OCH3 is 1. The number of aryl methyl sites for hydroxylation is 1. The minimum absolute atomic E-state index is 0.0243. The van der Waals surface area contributed by atoms with Crippen LogP contribution in [-0.2, 0) is 6.54 Å². The molecule has 1 fully saturated rings. The zero-order valence-electron chi connectivity index (χ0n) is 16.8. The fourth-order valence-electron chi connectivity index (χ4n) is 3.80. The number of Topliss-reactive ketones (excluding diaryl/α,β-unsaturated/α-hetero) is 1. The van der Waals surface area contributed by atoms with E-state index in [1.807, 2.05) is 43.3 Å². The smallest absolute Gasteiger partial charge is 0.226 e. The summed E-state index contributed by atoms with van der Waals surface area (Å²) in [5.41, 5.74) is 2.35. The molecule has 6 nitrogen and oxygen atoms in total. The van der Waals surface area contributed by atoms with Gasteiger partial charge in [0.25, 0.3) is 0 Å². The van der Waals surface area contributed by atoms with Gasteiger partial charge >= 0.3 is 0 Å². The standard InChI is InChI=1S/C23H25N3O3/c1-16-21(25-23(29-16)17-7-5-9-19(13-17)28-2)15-26-12-6-8-18(14-26)22(27)20-10-3-4-11-24-20/h3-5,7,9-11,13,18H,6,8,12,14-15H2,1-2H3. The number of ketones is 1. The second-order valence-corrected chi connectivity index (χ2v) is 7.41. The Labute approximate surface area is 170 Å². The van der Waals surface area contributed by atoms with Crippen molar-refractivity contribution in [2.75, 3.05) is 20.2 Å². The molecule has 0 N–H and O–H groups in total. The van der Waals surface area contributed by atoms with Crippen molar-refractivity contribution in [1.29, 1.82) is 0 Å². The summed E-state index contributed by atoms with van der Waals surface area (Å²) in [7, 11) is 1.64. The summed E-state index contributed by atoms with van der Waals surface area (Å²) in [5.74, 6) is 2.27. The predicted molar refractivity (Wildman–Crippen MR) is 110 cm³/mol. The highest BCUT2D eigenvalue weighted by Gasteiger charge is 2.28. The Balaban J connectivity index is 1.46. The van der Waals surface area contributed by atoms with E-state index >= 15 is 0 Å². The zero-order chi connectivity index (χ0) is 20.2. The number of carbonyl (C=O) groups excluding carboxylic acids is 1. The van der Waals surface area contributed by atoms with Crippen molar-refractivity contribution >= 4 is 5.78 Å². The van der Waals surface area contributed by atoms with Crippen LogP contribution in [-0.4, -0.2) is 40.9 Å². The molecular weight excluding hydrogens is 366 g/mol. The number of carbonyl (C=O) groups is 1. The Morgan fingerprint density at radius 3 is 2.97 bits per heavy atom. The van der Waals surface area contributed by atoms with Crippen molar-refractivity contribution in [2.45, 2.75) is 26.3 Å². The molecule has 1 atom stereocenters. The third kappa shape index (κ3) is 4.38. The third-order valence-corrected chi connectivity index (χ3v) is 5.38. The summed E-state index contributed by atoms with van der Waals surface area (Å²) in [6, 6.07) is 13.2. The summed E-state index contributed by atoms with van der Waals surface area (Å²) >= 11 is 0. The monoisotopic (exact) mass is 391 g/mol. The number of hydrogen-bond acceptors (Lipinski definition) is 6. The highest BCUT2D eigenvalue weighted by Crippen LogP contribution is 2.27. The normalized spacial score (nSPS) is 17.2. The van der Waals surface area contributed by atoms with Crippen LogP contribution >= 0.6 is 0 Å². The van der Waals surface area contributed by atoms with Crippen molar-refractivity contribution in [1.82, 2.24) is 14.9 Å². The van der Waals surface area contributed by atoms with Gasteiger partial charge in [-0.25, -0.2) is 4.98 Å². The lowest BCUT2D eigenvalue weighted by Crippen LogP contribution is -2.38. The van der Waals surface area contributed by atoms with Crippen LogP contribution in [0.25, 0.3) is 11.5 Å². The first kappa shape index (κ1) is 19.3. The number of hydrogen-bond donors (Lipinski definition) is 0. The Kier molecular flexibility index (Phi) is 5.71. The van der Waals surface area contributed by atoms with E-state index in [2.05, 4.69) is 9.88 Å². The number of ether oxygens (including phenoxy) is 1. The highest BCUT2D eigenvalue weighted by molar-refractivity contribution is 5.96. The van der Waals surface area contributed by atoms with E-state index < -0.39 is 0 Å². The van der Waals surface area contributed by atoms with Crippen LogP contribution in [0.15, 0.2) is 53.1 Å². The van der Waals surface area contributed by atoms with Gasteiger partial charge in [0.2, 0.25) is 5.89 Å². The Bertz CT molecular complexity index is 984. The molecule has 1 aliphatic rings. The Hall–Kier alpha value is -2.99. The zero-order valence-corrected chi connectivity index (χ0v) is 16.8. The Morgan fingerprint density at radius 1 is 1.28 bits per heavy atom. The molecule has 0 aliphatic carbocycles. The highest BCUT2D eigenvalue weighted by atomic mass is 16.5. The van der Waals surface area contributed by atoms with E-state index in [-0.39, 0.29) is 11.7 Å².